The van der Waals surface area contributed by atoms with Gasteiger partial charge in [0, 0.05) is 6.07 Å². The third-order valence-corrected chi connectivity index (χ3v) is 5.67. The van der Waals surface area contributed by atoms with E-state index < -0.39 is 0 Å². The highest BCUT2D eigenvalue weighted by molar-refractivity contribution is 6.42. The topological polar surface area (TPSA) is 35.5 Å². The Morgan fingerprint density at radius 2 is 1.73 bits per heavy atom. The number of halogens is 2. The van der Waals surface area contributed by atoms with Crippen molar-refractivity contribution in [2.24, 2.45) is 0 Å². The van der Waals surface area contributed by atoms with Gasteiger partial charge >= 0.3 is 0 Å². The maximum atomic E-state index is 12.7. The Morgan fingerprint density at radius 3 is 2.43 bits per heavy atom. The van der Waals surface area contributed by atoms with Crippen LogP contribution < -0.4 is 9.47 Å². The highest BCUT2D eigenvalue weighted by atomic mass is 35.5. The molecule has 3 aromatic carbocycles. The first-order chi connectivity index (χ1) is 14.4. The number of ketones is 1. The van der Waals surface area contributed by atoms with Crippen molar-refractivity contribution >= 4 is 35.1 Å². The minimum Gasteiger partial charge on any atom is -0.489 e. The van der Waals surface area contributed by atoms with Crippen LogP contribution in [0.15, 0.2) is 66.4 Å². The van der Waals surface area contributed by atoms with Gasteiger partial charge < -0.3 is 9.47 Å². The van der Waals surface area contributed by atoms with E-state index in [1.54, 1.807) is 36.4 Å². The molecule has 0 aliphatic carbocycles. The van der Waals surface area contributed by atoms with Gasteiger partial charge in [-0.1, -0.05) is 67.4 Å². The molecule has 0 spiro atoms. The van der Waals surface area contributed by atoms with Crippen LogP contribution in [-0.2, 0) is 6.61 Å². The first kappa shape index (κ1) is 20.5. The van der Waals surface area contributed by atoms with Gasteiger partial charge in [-0.2, -0.15) is 0 Å². The fourth-order valence-electron chi connectivity index (χ4n) is 3.18. The van der Waals surface area contributed by atoms with Crippen LogP contribution in [0, 0.1) is 0 Å². The molecule has 3 aromatic rings. The monoisotopic (exact) mass is 438 g/mol. The maximum Gasteiger partial charge on any atom is 0.231 e. The molecule has 0 unspecified atom stereocenters. The van der Waals surface area contributed by atoms with Crippen LogP contribution in [0.1, 0.15) is 46.8 Å². The Labute approximate surface area is 185 Å². The molecule has 0 atom stereocenters. The van der Waals surface area contributed by atoms with Crippen molar-refractivity contribution in [3.63, 3.8) is 0 Å². The van der Waals surface area contributed by atoms with Gasteiger partial charge in [-0.15, -0.1) is 0 Å². The SMILES string of the molecule is CC(C)c1ccc(C=C2Oc3cc(OCc4ccc(Cl)c(Cl)c4)ccc3C2=O)cc1. The van der Waals surface area contributed by atoms with Crippen LogP contribution in [0.3, 0.4) is 0 Å². The fraction of sp³-hybridized carbons (Fsp3) is 0.160. The number of hydrogen-bond acceptors (Lipinski definition) is 3. The zero-order valence-electron chi connectivity index (χ0n) is 16.6. The lowest BCUT2D eigenvalue weighted by Gasteiger charge is -2.08. The summed E-state index contributed by atoms with van der Waals surface area (Å²) < 4.78 is 11.6. The molecule has 0 bridgehead atoms. The van der Waals surface area contributed by atoms with Crippen molar-refractivity contribution < 1.29 is 14.3 Å². The molecular weight excluding hydrogens is 419 g/mol. The normalized spacial score (nSPS) is 14.2. The zero-order chi connectivity index (χ0) is 21.3. The smallest absolute Gasteiger partial charge is 0.231 e. The van der Waals surface area contributed by atoms with Crippen molar-refractivity contribution in [2.45, 2.75) is 26.4 Å². The third kappa shape index (κ3) is 4.38. The molecule has 0 radical (unpaired) electrons. The summed E-state index contributed by atoms with van der Waals surface area (Å²) in [6.07, 6.45) is 1.77. The van der Waals surface area contributed by atoms with Crippen LogP contribution in [-0.4, -0.2) is 5.78 Å². The van der Waals surface area contributed by atoms with Crippen LogP contribution >= 0.6 is 23.2 Å². The molecule has 0 saturated carbocycles. The second kappa shape index (κ2) is 8.55. The summed E-state index contributed by atoms with van der Waals surface area (Å²) in [6, 6.07) is 18.7. The Kier molecular flexibility index (Phi) is 5.85. The van der Waals surface area contributed by atoms with E-state index in [1.807, 2.05) is 18.2 Å². The number of benzene rings is 3. The number of carbonyl (C=O) groups is 1. The highest BCUT2D eigenvalue weighted by Gasteiger charge is 2.27. The van der Waals surface area contributed by atoms with E-state index in [1.165, 1.54) is 5.56 Å². The number of carbonyl (C=O) groups excluding carboxylic acids is 1. The molecule has 4 rings (SSSR count). The van der Waals surface area contributed by atoms with Crippen molar-refractivity contribution in [2.75, 3.05) is 0 Å². The number of rotatable bonds is 5. The largest absolute Gasteiger partial charge is 0.489 e. The van der Waals surface area contributed by atoms with Crippen LogP contribution in [0.2, 0.25) is 10.0 Å². The van der Waals surface area contributed by atoms with Gasteiger partial charge in [-0.05, 0) is 52.9 Å². The average molecular weight is 439 g/mol. The average Bonchev–Trinajstić information content (AvgIpc) is 3.04. The van der Waals surface area contributed by atoms with E-state index in [-0.39, 0.29) is 5.78 Å². The number of Topliss-reactive ketones (excluding diaryl/α,β-unsaturated/α-hetero) is 1. The molecule has 0 fully saturated rings. The summed E-state index contributed by atoms with van der Waals surface area (Å²) in [7, 11) is 0. The van der Waals surface area contributed by atoms with E-state index in [9.17, 15) is 4.79 Å². The highest BCUT2D eigenvalue weighted by Crippen LogP contribution is 2.35. The first-order valence-corrected chi connectivity index (χ1v) is 10.4. The summed E-state index contributed by atoms with van der Waals surface area (Å²) in [5, 5.41) is 0.986. The quantitative estimate of drug-likeness (QED) is 0.391. The summed E-state index contributed by atoms with van der Waals surface area (Å²) >= 11 is 12.0. The fourth-order valence-corrected chi connectivity index (χ4v) is 3.50. The Bertz CT molecular complexity index is 1130. The lowest BCUT2D eigenvalue weighted by molar-refractivity contribution is 0.101. The van der Waals surface area contributed by atoms with Gasteiger partial charge in [0.05, 0.1) is 15.6 Å². The van der Waals surface area contributed by atoms with Crippen molar-refractivity contribution in [1.29, 1.82) is 0 Å². The molecule has 0 saturated heterocycles. The summed E-state index contributed by atoms with van der Waals surface area (Å²) in [6.45, 7) is 4.62. The molecule has 152 valence electrons. The van der Waals surface area contributed by atoms with Gasteiger partial charge in [-0.25, -0.2) is 0 Å². The van der Waals surface area contributed by atoms with Crippen LogP contribution in [0.5, 0.6) is 11.5 Å². The predicted molar refractivity (Wildman–Crippen MR) is 121 cm³/mol. The molecule has 0 N–H and O–H groups in total. The zero-order valence-corrected chi connectivity index (χ0v) is 18.1. The van der Waals surface area contributed by atoms with Crippen LogP contribution in [0.4, 0.5) is 0 Å². The van der Waals surface area contributed by atoms with Gasteiger partial charge in [0.25, 0.3) is 0 Å². The van der Waals surface area contributed by atoms with E-state index in [0.717, 1.165) is 11.1 Å². The number of allylic oxidation sites excluding steroid dienone is 1. The lowest BCUT2D eigenvalue weighted by atomic mass is 10.0. The second-order valence-corrected chi connectivity index (χ2v) is 8.27. The molecular formula is C25H20Cl2O3. The van der Waals surface area contributed by atoms with Gasteiger partial charge in [0.15, 0.2) is 5.76 Å². The van der Waals surface area contributed by atoms with E-state index in [4.69, 9.17) is 32.7 Å². The molecule has 0 amide bonds. The summed E-state index contributed by atoms with van der Waals surface area (Å²) in [5.41, 5.74) is 3.60. The van der Waals surface area contributed by atoms with E-state index in [2.05, 4.69) is 26.0 Å². The maximum absolute atomic E-state index is 12.7. The van der Waals surface area contributed by atoms with E-state index in [0.29, 0.717) is 45.4 Å². The third-order valence-electron chi connectivity index (χ3n) is 4.93. The van der Waals surface area contributed by atoms with Crippen molar-refractivity contribution in [3.8, 4) is 11.5 Å². The predicted octanol–water partition coefficient (Wildman–Crippen LogP) is 7.31. The molecule has 1 aliphatic heterocycles. The standard InChI is InChI=1S/C25H20Cl2O3/c1-15(2)18-6-3-16(4-7-18)12-24-25(28)20-9-8-19(13-23(20)30-24)29-14-17-5-10-21(26)22(27)11-17/h3-13,15H,14H2,1-2H3. The van der Waals surface area contributed by atoms with Gasteiger partial charge in [0.2, 0.25) is 5.78 Å². The molecule has 3 nitrogen and oxygen atoms in total. The molecule has 30 heavy (non-hydrogen) atoms. The Morgan fingerprint density at radius 1 is 0.967 bits per heavy atom. The molecule has 0 aromatic heterocycles. The van der Waals surface area contributed by atoms with Crippen molar-refractivity contribution in [3.05, 3.63) is 98.7 Å². The Balaban J connectivity index is 1.48. The Hall–Kier alpha value is -2.75. The van der Waals surface area contributed by atoms with Crippen molar-refractivity contribution in [1.82, 2.24) is 0 Å². The minimum atomic E-state index is -0.131. The first-order valence-electron chi connectivity index (χ1n) is 9.65. The van der Waals surface area contributed by atoms with Gasteiger partial charge in [0.1, 0.15) is 18.1 Å². The molecule has 1 aliphatic rings. The van der Waals surface area contributed by atoms with E-state index >= 15 is 0 Å². The van der Waals surface area contributed by atoms with Crippen LogP contribution in [0.25, 0.3) is 6.08 Å². The minimum absolute atomic E-state index is 0.131. The number of ether oxygens (including phenoxy) is 2. The lowest BCUT2D eigenvalue weighted by Crippen LogP contribution is -1.98. The number of fused-ring (bicyclic) bond motifs is 1. The molecule has 5 heteroatoms. The number of hydrogen-bond donors (Lipinski definition) is 0. The summed E-state index contributed by atoms with van der Waals surface area (Å²) in [5.74, 6) is 1.74. The summed E-state index contributed by atoms with van der Waals surface area (Å²) in [4.78, 5) is 12.7. The van der Waals surface area contributed by atoms with Gasteiger partial charge in [-0.3, -0.25) is 4.79 Å². The second-order valence-electron chi connectivity index (χ2n) is 7.46. The molecule has 1 heterocycles.